The lowest BCUT2D eigenvalue weighted by atomic mass is 9.95. The van der Waals surface area contributed by atoms with Crippen molar-refractivity contribution in [2.24, 2.45) is 5.92 Å². The molecule has 5 nitrogen and oxygen atoms in total. The topological polar surface area (TPSA) is 70.9 Å². The number of carbonyl (C=O) groups is 1. The van der Waals surface area contributed by atoms with Gasteiger partial charge in [0.1, 0.15) is 5.69 Å². The minimum Gasteiger partial charge on any atom is -0.481 e. The van der Waals surface area contributed by atoms with E-state index in [9.17, 15) is 4.79 Å². The molecule has 0 radical (unpaired) electrons. The van der Waals surface area contributed by atoms with E-state index in [0.717, 1.165) is 21.8 Å². The van der Waals surface area contributed by atoms with Crippen LogP contribution in [0.15, 0.2) is 23.1 Å². The first-order chi connectivity index (χ1) is 8.66. The molecule has 1 atom stereocenters. The number of halogens is 1. The summed E-state index contributed by atoms with van der Waals surface area (Å²) in [5.41, 5.74) is 2.76. The second kappa shape index (κ2) is 4.28. The van der Waals surface area contributed by atoms with Crippen molar-refractivity contribution in [3.8, 4) is 11.4 Å². The van der Waals surface area contributed by atoms with Crippen LogP contribution in [0.2, 0.25) is 0 Å². The van der Waals surface area contributed by atoms with Crippen molar-refractivity contribution >= 4 is 21.9 Å². The number of imidazole rings is 1. The number of rotatable bonds is 2. The highest BCUT2D eigenvalue weighted by Gasteiger charge is 2.29. The van der Waals surface area contributed by atoms with Gasteiger partial charge in [-0.05, 0) is 34.5 Å². The highest BCUT2D eigenvalue weighted by atomic mass is 79.9. The number of hydrogen-bond acceptors (Lipinski definition) is 2. The van der Waals surface area contributed by atoms with E-state index in [2.05, 4.69) is 30.5 Å². The van der Waals surface area contributed by atoms with Crippen LogP contribution in [0.5, 0.6) is 0 Å². The molecular weight excluding hydrogens is 298 g/mol. The summed E-state index contributed by atoms with van der Waals surface area (Å²) in [7, 11) is 0. The van der Waals surface area contributed by atoms with Crippen molar-refractivity contribution < 1.29 is 9.90 Å². The largest absolute Gasteiger partial charge is 0.481 e. The third kappa shape index (κ3) is 1.77. The molecule has 2 aromatic heterocycles. The van der Waals surface area contributed by atoms with Crippen LogP contribution in [0.4, 0.5) is 0 Å². The summed E-state index contributed by atoms with van der Waals surface area (Å²) in [5.74, 6) is -1.04. The van der Waals surface area contributed by atoms with E-state index >= 15 is 0 Å². The third-order valence-corrected chi connectivity index (χ3v) is 3.97. The van der Waals surface area contributed by atoms with Gasteiger partial charge in [-0.1, -0.05) is 0 Å². The number of carboxylic acids is 1. The Morgan fingerprint density at radius 3 is 3.11 bits per heavy atom. The standard InChI is InChI=1S/C12H12BrN3O2/c13-12-15-10(8-2-1-4-14-8)9-6-7(11(17)18)3-5-16(9)12/h1-2,4,7,14H,3,5-6H2,(H,17,18). The molecule has 0 amide bonds. The Balaban J connectivity index is 2.06. The molecule has 18 heavy (non-hydrogen) atoms. The Kier molecular flexibility index (Phi) is 2.74. The average molecular weight is 310 g/mol. The van der Waals surface area contributed by atoms with Gasteiger partial charge in [0.15, 0.2) is 4.73 Å². The second-order valence-electron chi connectivity index (χ2n) is 4.44. The van der Waals surface area contributed by atoms with Gasteiger partial charge in [0, 0.05) is 24.9 Å². The van der Waals surface area contributed by atoms with Crippen molar-refractivity contribution in [2.45, 2.75) is 19.4 Å². The normalized spacial score (nSPS) is 18.6. The van der Waals surface area contributed by atoms with Gasteiger partial charge in [0.2, 0.25) is 0 Å². The molecule has 2 N–H and O–H groups in total. The van der Waals surface area contributed by atoms with E-state index in [-0.39, 0.29) is 5.92 Å². The zero-order valence-corrected chi connectivity index (χ0v) is 11.1. The van der Waals surface area contributed by atoms with Crippen LogP contribution in [0.3, 0.4) is 0 Å². The summed E-state index contributed by atoms with van der Waals surface area (Å²) in [6.45, 7) is 0.695. The van der Waals surface area contributed by atoms with Crippen molar-refractivity contribution in [3.63, 3.8) is 0 Å². The number of carboxylic acid groups (broad SMARTS) is 1. The molecule has 1 unspecified atom stereocenters. The zero-order chi connectivity index (χ0) is 12.7. The summed E-state index contributed by atoms with van der Waals surface area (Å²) in [4.78, 5) is 18.7. The zero-order valence-electron chi connectivity index (χ0n) is 9.56. The number of nitrogens with zero attached hydrogens (tertiary/aromatic N) is 2. The maximum atomic E-state index is 11.1. The number of fused-ring (bicyclic) bond motifs is 1. The molecule has 3 rings (SSSR count). The number of nitrogens with one attached hydrogen (secondary N) is 1. The SMILES string of the molecule is O=C(O)C1CCn2c(Br)nc(-c3ccc[nH]3)c2C1. The minimum absolute atomic E-state index is 0.310. The molecule has 0 saturated heterocycles. The molecule has 0 fully saturated rings. The molecular formula is C12H12BrN3O2. The van der Waals surface area contributed by atoms with Crippen LogP contribution >= 0.6 is 15.9 Å². The van der Waals surface area contributed by atoms with Crippen molar-refractivity contribution in [2.75, 3.05) is 0 Å². The van der Waals surface area contributed by atoms with Crippen LogP contribution in [-0.4, -0.2) is 25.6 Å². The first kappa shape index (κ1) is 11.5. The van der Waals surface area contributed by atoms with Gasteiger partial charge in [-0.2, -0.15) is 0 Å². The molecule has 3 heterocycles. The van der Waals surface area contributed by atoms with E-state index < -0.39 is 5.97 Å². The molecule has 1 aliphatic rings. The quantitative estimate of drug-likeness (QED) is 0.894. The Morgan fingerprint density at radius 1 is 1.61 bits per heavy atom. The number of H-pyrrole nitrogens is 1. The average Bonchev–Trinajstić information content (AvgIpc) is 2.97. The van der Waals surface area contributed by atoms with Gasteiger partial charge in [-0.25, -0.2) is 4.98 Å². The third-order valence-electron chi connectivity index (χ3n) is 3.37. The van der Waals surface area contributed by atoms with Crippen LogP contribution in [0.1, 0.15) is 12.1 Å². The Bertz CT molecular complexity index is 589. The monoisotopic (exact) mass is 309 g/mol. The molecule has 94 valence electrons. The molecule has 1 aliphatic heterocycles. The smallest absolute Gasteiger partial charge is 0.306 e. The Morgan fingerprint density at radius 2 is 2.44 bits per heavy atom. The first-order valence-corrected chi connectivity index (χ1v) is 6.57. The minimum atomic E-state index is -0.726. The first-order valence-electron chi connectivity index (χ1n) is 5.78. The fraction of sp³-hybridized carbons (Fsp3) is 0.333. The summed E-state index contributed by atoms with van der Waals surface area (Å²) < 4.78 is 2.82. The van der Waals surface area contributed by atoms with Gasteiger partial charge in [-0.3, -0.25) is 4.79 Å². The van der Waals surface area contributed by atoms with Crippen molar-refractivity contribution in [3.05, 3.63) is 28.8 Å². The summed E-state index contributed by atoms with van der Waals surface area (Å²) in [6, 6.07) is 3.85. The van der Waals surface area contributed by atoms with Gasteiger partial charge < -0.3 is 14.7 Å². The van der Waals surface area contributed by atoms with Crippen LogP contribution in [0, 0.1) is 5.92 Å². The lowest BCUT2D eigenvalue weighted by molar-refractivity contribution is -0.142. The predicted octanol–water partition coefficient (Wildman–Crippen LogP) is 2.29. The lowest BCUT2D eigenvalue weighted by Gasteiger charge is -2.21. The van der Waals surface area contributed by atoms with E-state index in [1.807, 2.05) is 18.3 Å². The molecule has 2 aromatic rings. The molecule has 0 bridgehead atoms. The number of hydrogen-bond donors (Lipinski definition) is 2. The van der Waals surface area contributed by atoms with E-state index in [1.54, 1.807) is 0 Å². The number of aliphatic carboxylic acids is 1. The van der Waals surface area contributed by atoms with Gasteiger partial charge >= 0.3 is 5.97 Å². The van der Waals surface area contributed by atoms with Crippen LogP contribution in [-0.2, 0) is 17.8 Å². The van der Waals surface area contributed by atoms with E-state index in [1.165, 1.54) is 0 Å². The Hall–Kier alpha value is -1.56. The van der Waals surface area contributed by atoms with Crippen molar-refractivity contribution in [1.82, 2.24) is 14.5 Å². The van der Waals surface area contributed by atoms with Crippen LogP contribution in [0.25, 0.3) is 11.4 Å². The Labute approximate surface area is 112 Å². The number of aromatic nitrogens is 3. The second-order valence-corrected chi connectivity index (χ2v) is 5.15. The molecule has 0 aromatic carbocycles. The van der Waals surface area contributed by atoms with E-state index in [0.29, 0.717) is 19.4 Å². The highest BCUT2D eigenvalue weighted by molar-refractivity contribution is 9.10. The fourth-order valence-corrected chi connectivity index (χ4v) is 2.98. The molecule has 0 saturated carbocycles. The summed E-state index contributed by atoms with van der Waals surface area (Å²) >= 11 is 3.44. The van der Waals surface area contributed by atoms with E-state index in [4.69, 9.17) is 5.11 Å². The molecule has 0 spiro atoms. The fourth-order valence-electron chi connectivity index (χ4n) is 2.41. The lowest BCUT2D eigenvalue weighted by Crippen LogP contribution is -2.25. The molecule has 0 aliphatic carbocycles. The maximum absolute atomic E-state index is 11.1. The van der Waals surface area contributed by atoms with Crippen molar-refractivity contribution in [1.29, 1.82) is 0 Å². The highest BCUT2D eigenvalue weighted by Crippen LogP contribution is 2.32. The summed E-state index contributed by atoms with van der Waals surface area (Å²) in [5, 5.41) is 9.14. The summed E-state index contributed by atoms with van der Waals surface area (Å²) in [6.07, 6.45) is 3.02. The van der Waals surface area contributed by atoms with Crippen LogP contribution < -0.4 is 0 Å². The van der Waals surface area contributed by atoms with Gasteiger partial charge in [-0.15, -0.1) is 0 Å². The number of aromatic amines is 1. The predicted molar refractivity (Wildman–Crippen MR) is 69.2 cm³/mol. The van der Waals surface area contributed by atoms with Gasteiger partial charge in [0.05, 0.1) is 11.6 Å². The maximum Gasteiger partial charge on any atom is 0.306 e. The van der Waals surface area contributed by atoms with Gasteiger partial charge in [0.25, 0.3) is 0 Å². The molecule has 6 heteroatoms.